The molecule has 2 rings (SSSR count). The molecule has 0 amide bonds. The van der Waals surface area contributed by atoms with Crippen molar-refractivity contribution in [3.05, 3.63) is 46.1 Å². The Bertz CT molecular complexity index is 868. The molecule has 0 radical (unpaired) electrons. The number of nitrogens with zero attached hydrogens (tertiary/aromatic N) is 3. The molecule has 0 aliphatic rings. The van der Waals surface area contributed by atoms with Gasteiger partial charge in [-0.15, -0.1) is 0 Å². The highest BCUT2D eigenvalue weighted by atomic mass is 35.5. The molecule has 0 saturated heterocycles. The molecule has 0 fully saturated rings. The van der Waals surface area contributed by atoms with E-state index in [9.17, 15) is 14.9 Å². The molecule has 1 heterocycles. The SMILES string of the molecule is CCOC(=O)c1c(C)nsc1N/N=C(/C#N)C(=O)c1ccc(Cl)cc1. The molecule has 9 heteroatoms. The van der Waals surface area contributed by atoms with Gasteiger partial charge in [-0.1, -0.05) is 11.6 Å². The average molecular weight is 377 g/mol. The van der Waals surface area contributed by atoms with Gasteiger partial charge in [-0.2, -0.15) is 14.7 Å². The van der Waals surface area contributed by atoms with Crippen molar-refractivity contribution in [2.24, 2.45) is 5.10 Å². The molecule has 0 atom stereocenters. The van der Waals surface area contributed by atoms with E-state index in [-0.39, 0.29) is 23.4 Å². The molecular weight excluding hydrogens is 364 g/mol. The number of nitriles is 1. The number of aromatic nitrogens is 1. The van der Waals surface area contributed by atoms with Crippen molar-refractivity contribution in [3.8, 4) is 6.07 Å². The van der Waals surface area contributed by atoms with E-state index in [1.807, 2.05) is 0 Å². The van der Waals surface area contributed by atoms with Crippen molar-refractivity contribution < 1.29 is 14.3 Å². The number of aryl methyl sites for hydroxylation is 1. The van der Waals surface area contributed by atoms with Crippen LogP contribution in [0.15, 0.2) is 29.4 Å². The number of hydrogen-bond donors (Lipinski definition) is 1. The van der Waals surface area contributed by atoms with E-state index in [0.29, 0.717) is 15.7 Å². The van der Waals surface area contributed by atoms with Gasteiger partial charge in [0.15, 0.2) is 0 Å². The van der Waals surface area contributed by atoms with Crippen LogP contribution in [-0.2, 0) is 4.74 Å². The number of anilines is 1. The fraction of sp³-hybridized carbons (Fsp3) is 0.188. The van der Waals surface area contributed by atoms with Gasteiger partial charge in [0.05, 0.1) is 12.3 Å². The number of carbonyl (C=O) groups is 2. The van der Waals surface area contributed by atoms with Gasteiger partial charge in [-0.3, -0.25) is 10.2 Å². The van der Waals surface area contributed by atoms with E-state index >= 15 is 0 Å². The molecule has 0 bridgehead atoms. The second kappa shape index (κ2) is 8.37. The van der Waals surface area contributed by atoms with Gasteiger partial charge in [0.1, 0.15) is 16.6 Å². The Morgan fingerprint density at radius 1 is 1.40 bits per heavy atom. The predicted octanol–water partition coefficient (Wildman–Crippen LogP) is 3.46. The summed E-state index contributed by atoms with van der Waals surface area (Å²) in [7, 11) is 0. The number of rotatable bonds is 6. The van der Waals surface area contributed by atoms with Crippen LogP contribution in [0, 0.1) is 18.3 Å². The lowest BCUT2D eigenvalue weighted by Gasteiger charge is -2.04. The number of carbonyl (C=O) groups excluding carboxylic acids is 2. The van der Waals surface area contributed by atoms with Crippen molar-refractivity contribution in [1.29, 1.82) is 5.26 Å². The van der Waals surface area contributed by atoms with Crippen LogP contribution in [0.2, 0.25) is 5.02 Å². The van der Waals surface area contributed by atoms with Gasteiger partial charge in [-0.05, 0) is 49.6 Å². The maximum atomic E-state index is 12.3. The lowest BCUT2D eigenvalue weighted by Crippen LogP contribution is -2.14. The normalized spacial score (nSPS) is 10.9. The molecule has 0 unspecified atom stereocenters. The zero-order chi connectivity index (χ0) is 18.4. The van der Waals surface area contributed by atoms with Gasteiger partial charge in [0.25, 0.3) is 0 Å². The Morgan fingerprint density at radius 2 is 2.08 bits per heavy atom. The molecule has 25 heavy (non-hydrogen) atoms. The summed E-state index contributed by atoms with van der Waals surface area (Å²) in [5, 5.41) is 13.8. The largest absolute Gasteiger partial charge is 0.462 e. The predicted molar refractivity (Wildman–Crippen MR) is 95.3 cm³/mol. The van der Waals surface area contributed by atoms with Crippen molar-refractivity contribution in [2.75, 3.05) is 12.0 Å². The van der Waals surface area contributed by atoms with Crippen LogP contribution < -0.4 is 5.43 Å². The molecule has 7 nitrogen and oxygen atoms in total. The number of halogens is 1. The Hall–Kier alpha value is -2.76. The summed E-state index contributed by atoms with van der Waals surface area (Å²) in [6.45, 7) is 3.56. The number of hydrogen-bond acceptors (Lipinski definition) is 8. The number of benzene rings is 1. The molecule has 1 N–H and O–H groups in total. The molecule has 0 spiro atoms. The van der Waals surface area contributed by atoms with Gasteiger partial charge in [0, 0.05) is 10.6 Å². The molecule has 128 valence electrons. The van der Waals surface area contributed by atoms with Crippen molar-refractivity contribution >= 4 is 45.6 Å². The highest BCUT2D eigenvalue weighted by Gasteiger charge is 2.20. The van der Waals surface area contributed by atoms with E-state index in [0.717, 1.165) is 11.5 Å². The Balaban J connectivity index is 2.25. The van der Waals surface area contributed by atoms with Crippen molar-refractivity contribution in [3.63, 3.8) is 0 Å². The maximum absolute atomic E-state index is 12.3. The number of hydrazone groups is 1. The van der Waals surface area contributed by atoms with Crippen LogP contribution in [0.3, 0.4) is 0 Å². The van der Waals surface area contributed by atoms with Gasteiger partial charge < -0.3 is 4.74 Å². The fourth-order valence-corrected chi connectivity index (χ4v) is 2.72. The highest BCUT2D eigenvalue weighted by molar-refractivity contribution is 7.10. The third-order valence-corrected chi connectivity index (χ3v) is 4.13. The summed E-state index contributed by atoms with van der Waals surface area (Å²) in [6, 6.07) is 7.82. The van der Waals surface area contributed by atoms with Crippen LogP contribution in [0.5, 0.6) is 0 Å². The molecular formula is C16H13ClN4O3S. The van der Waals surface area contributed by atoms with Gasteiger partial charge in [-0.25, -0.2) is 4.79 Å². The fourth-order valence-electron chi connectivity index (χ4n) is 1.86. The first kappa shape index (κ1) is 18.6. The van der Waals surface area contributed by atoms with Crippen molar-refractivity contribution in [2.45, 2.75) is 13.8 Å². The average Bonchev–Trinajstić information content (AvgIpc) is 2.97. The molecule has 0 saturated carbocycles. The smallest absolute Gasteiger partial charge is 0.343 e. The number of ketones is 1. The molecule has 0 aliphatic carbocycles. The second-order valence-electron chi connectivity index (χ2n) is 4.71. The molecule has 0 aliphatic heterocycles. The summed E-state index contributed by atoms with van der Waals surface area (Å²) in [4.78, 5) is 24.3. The summed E-state index contributed by atoms with van der Waals surface area (Å²) >= 11 is 6.76. The van der Waals surface area contributed by atoms with E-state index in [1.165, 1.54) is 12.1 Å². The quantitative estimate of drug-likeness (QED) is 0.358. The Morgan fingerprint density at radius 3 is 2.68 bits per heavy atom. The lowest BCUT2D eigenvalue weighted by molar-refractivity contribution is 0.0527. The van der Waals surface area contributed by atoms with Crippen LogP contribution >= 0.6 is 23.1 Å². The highest BCUT2D eigenvalue weighted by Crippen LogP contribution is 2.25. The Labute approximate surface area is 153 Å². The number of Topliss-reactive ketones (excluding diaryl/α,β-unsaturated/α-hetero) is 1. The van der Waals surface area contributed by atoms with E-state index in [4.69, 9.17) is 16.3 Å². The minimum atomic E-state index is -0.564. The van der Waals surface area contributed by atoms with Crippen LogP contribution in [0.25, 0.3) is 0 Å². The second-order valence-corrected chi connectivity index (χ2v) is 5.92. The minimum Gasteiger partial charge on any atom is -0.462 e. The topological polar surface area (TPSA) is 104 Å². The first-order valence-corrected chi connectivity index (χ1v) is 8.30. The minimum absolute atomic E-state index is 0.218. The van der Waals surface area contributed by atoms with Crippen molar-refractivity contribution in [1.82, 2.24) is 4.37 Å². The van der Waals surface area contributed by atoms with Gasteiger partial charge in [0.2, 0.25) is 11.5 Å². The van der Waals surface area contributed by atoms with Crippen LogP contribution in [0.1, 0.15) is 33.3 Å². The maximum Gasteiger partial charge on any atom is 0.343 e. The monoisotopic (exact) mass is 376 g/mol. The zero-order valence-corrected chi connectivity index (χ0v) is 14.9. The third-order valence-electron chi connectivity index (χ3n) is 3.04. The summed E-state index contributed by atoms with van der Waals surface area (Å²) in [5.74, 6) is -1.11. The van der Waals surface area contributed by atoms with E-state index < -0.39 is 11.8 Å². The standard InChI is InChI=1S/C16H13ClN4O3S/c1-3-24-16(23)13-9(2)21-25-15(13)20-19-12(8-18)14(22)10-4-6-11(17)7-5-10/h4-7,20H,3H2,1-2H3/b19-12-. The molecule has 1 aromatic carbocycles. The molecule has 1 aromatic heterocycles. The first-order chi connectivity index (χ1) is 12.0. The van der Waals surface area contributed by atoms with E-state index in [1.54, 1.807) is 32.0 Å². The Kier molecular flexibility index (Phi) is 6.22. The number of nitrogens with one attached hydrogen (secondary N) is 1. The summed E-state index contributed by atoms with van der Waals surface area (Å²) in [6.07, 6.45) is 0. The van der Waals surface area contributed by atoms with E-state index in [2.05, 4.69) is 14.9 Å². The van der Waals surface area contributed by atoms with Gasteiger partial charge >= 0.3 is 5.97 Å². The lowest BCUT2D eigenvalue weighted by atomic mass is 10.1. The number of ether oxygens (including phenoxy) is 1. The summed E-state index contributed by atoms with van der Waals surface area (Å²) < 4.78 is 9.03. The third kappa shape index (κ3) is 4.41. The molecule has 2 aromatic rings. The zero-order valence-electron chi connectivity index (χ0n) is 13.4. The first-order valence-electron chi connectivity index (χ1n) is 7.15. The summed E-state index contributed by atoms with van der Waals surface area (Å²) in [5.41, 5.74) is 3.18. The van der Waals surface area contributed by atoms with Crippen LogP contribution in [-0.4, -0.2) is 28.4 Å². The van der Waals surface area contributed by atoms with Crippen LogP contribution in [0.4, 0.5) is 5.00 Å². The number of esters is 1.